The van der Waals surface area contributed by atoms with E-state index in [0.29, 0.717) is 41.9 Å². The van der Waals surface area contributed by atoms with Crippen LogP contribution in [0.25, 0.3) is 0 Å². The molecule has 5 rings (SSSR count). The standard InChI is InChI=1S/C24H27N3O5/c1-14-11-18(15(2)27(14)17-6-7-17)19(28)13-26-22(29)24(3,25-23(26)30)16-5-8-20-21(12-16)32-10-4-9-31-20/h5,8,11-12,17H,4,6-7,9-10,13H2,1-3H3,(H,25,30). The fourth-order valence-corrected chi connectivity index (χ4v) is 4.69. The van der Waals surface area contributed by atoms with Crippen LogP contribution in [-0.4, -0.2) is 46.9 Å². The SMILES string of the molecule is Cc1cc(C(=O)CN2C(=O)NC(C)(c3ccc4c(c3)OCCCO4)C2=O)c(C)n1C1CC1. The molecule has 8 heteroatoms. The van der Waals surface area contributed by atoms with Crippen molar-refractivity contribution in [3.8, 4) is 11.5 Å². The molecule has 1 unspecified atom stereocenters. The number of nitrogens with zero attached hydrogens (tertiary/aromatic N) is 2. The normalized spacial score (nSPS) is 22.7. The third-order valence-electron chi connectivity index (χ3n) is 6.60. The number of nitrogens with one attached hydrogen (secondary N) is 1. The smallest absolute Gasteiger partial charge is 0.325 e. The molecule has 1 aromatic heterocycles. The highest BCUT2D eigenvalue weighted by Crippen LogP contribution is 2.39. The van der Waals surface area contributed by atoms with Gasteiger partial charge in [-0.1, -0.05) is 6.07 Å². The van der Waals surface area contributed by atoms with Crippen LogP contribution in [0.5, 0.6) is 11.5 Å². The fraction of sp³-hybridized carbons (Fsp3) is 0.458. The second kappa shape index (κ2) is 7.39. The number of fused-ring (bicyclic) bond motifs is 1. The van der Waals surface area contributed by atoms with Crippen molar-refractivity contribution in [2.75, 3.05) is 19.8 Å². The van der Waals surface area contributed by atoms with Crippen molar-refractivity contribution in [2.45, 2.75) is 51.6 Å². The number of hydrogen-bond acceptors (Lipinski definition) is 5. The Morgan fingerprint density at radius 2 is 1.84 bits per heavy atom. The highest BCUT2D eigenvalue weighted by Gasteiger charge is 2.50. The minimum Gasteiger partial charge on any atom is -0.490 e. The number of aromatic nitrogens is 1. The number of urea groups is 1. The molecule has 3 aliphatic rings. The van der Waals surface area contributed by atoms with E-state index < -0.39 is 17.5 Å². The summed E-state index contributed by atoms with van der Waals surface area (Å²) in [4.78, 5) is 40.2. The molecule has 2 aliphatic heterocycles. The first-order chi connectivity index (χ1) is 15.3. The first-order valence-corrected chi connectivity index (χ1v) is 11.1. The lowest BCUT2D eigenvalue weighted by Gasteiger charge is -2.23. The number of rotatable bonds is 5. The van der Waals surface area contributed by atoms with Crippen LogP contribution in [0.1, 0.15) is 59.5 Å². The third kappa shape index (κ3) is 3.25. The van der Waals surface area contributed by atoms with Gasteiger partial charge in [0.1, 0.15) is 5.54 Å². The molecule has 1 saturated heterocycles. The first kappa shape index (κ1) is 20.6. The summed E-state index contributed by atoms with van der Waals surface area (Å²) >= 11 is 0. The zero-order valence-electron chi connectivity index (χ0n) is 18.6. The van der Waals surface area contributed by atoms with Crippen molar-refractivity contribution in [1.82, 2.24) is 14.8 Å². The average molecular weight is 437 g/mol. The first-order valence-electron chi connectivity index (χ1n) is 11.1. The molecule has 8 nitrogen and oxygen atoms in total. The van der Waals surface area contributed by atoms with Gasteiger partial charge in [0.2, 0.25) is 0 Å². The zero-order valence-corrected chi connectivity index (χ0v) is 18.6. The lowest BCUT2D eigenvalue weighted by molar-refractivity contribution is -0.130. The van der Waals surface area contributed by atoms with Crippen LogP contribution in [0.4, 0.5) is 4.79 Å². The summed E-state index contributed by atoms with van der Waals surface area (Å²) in [6.07, 6.45) is 3.00. The molecule has 1 atom stereocenters. The number of carbonyl (C=O) groups is 3. The number of amides is 3. The Balaban J connectivity index is 1.39. The molecule has 1 aliphatic carbocycles. The van der Waals surface area contributed by atoms with Crippen LogP contribution in [0.15, 0.2) is 24.3 Å². The topological polar surface area (TPSA) is 89.9 Å². The number of aryl methyl sites for hydroxylation is 1. The molecular formula is C24H27N3O5. The van der Waals surface area contributed by atoms with Crippen molar-refractivity contribution in [3.05, 3.63) is 46.8 Å². The Bertz CT molecular complexity index is 1130. The van der Waals surface area contributed by atoms with Crippen LogP contribution in [0.3, 0.4) is 0 Å². The quantitative estimate of drug-likeness (QED) is 0.573. The van der Waals surface area contributed by atoms with E-state index in [1.807, 2.05) is 19.9 Å². The van der Waals surface area contributed by atoms with Crippen molar-refractivity contribution in [3.63, 3.8) is 0 Å². The summed E-state index contributed by atoms with van der Waals surface area (Å²) in [7, 11) is 0. The molecule has 32 heavy (non-hydrogen) atoms. The fourth-order valence-electron chi connectivity index (χ4n) is 4.69. The second-order valence-corrected chi connectivity index (χ2v) is 8.97. The zero-order chi connectivity index (χ0) is 22.6. The van der Waals surface area contributed by atoms with Crippen molar-refractivity contribution >= 4 is 17.7 Å². The monoisotopic (exact) mass is 437 g/mol. The Morgan fingerprint density at radius 3 is 2.56 bits per heavy atom. The molecular weight excluding hydrogens is 410 g/mol. The predicted molar refractivity (Wildman–Crippen MR) is 116 cm³/mol. The van der Waals surface area contributed by atoms with Gasteiger partial charge >= 0.3 is 6.03 Å². The maximum Gasteiger partial charge on any atom is 0.325 e. The number of ketones is 1. The summed E-state index contributed by atoms with van der Waals surface area (Å²) in [6.45, 7) is 6.35. The molecule has 1 saturated carbocycles. The number of ether oxygens (including phenoxy) is 2. The van der Waals surface area contributed by atoms with Gasteiger partial charge in [-0.3, -0.25) is 14.5 Å². The molecule has 3 amide bonds. The summed E-state index contributed by atoms with van der Waals surface area (Å²) in [5, 5.41) is 2.77. The Morgan fingerprint density at radius 1 is 1.12 bits per heavy atom. The Kier molecular flexibility index (Phi) is 4.76. The van der Waals surface area contributed by atoms with E-state index in [4.69, 9.17) is 9.47 Å². The van der Waals surface area contributed by atoms with E-state index in [2.05, 4.69) is 9.88 Å². The second-order valence-electron chi connectivity index (χ2n) is 8.97. The number of hydrogen-bond donors (Lipinski definition) is 1. The van der Waals surface area contributed by atoms with Crippen LogP contribution in [0, 0.1) is 13.8 Å². The van der Waals surface area contributed by atoms with E-state index in [-0.39, 0.29) is 12.3 Å². The molecule has 168 valence electrons. The van der Waals surface area contributed by atoms with Crippen molar-refractivity contribution in [2.24, 2.45) is 0 Å². The number of imide groups is 1. The van der Waals surface area contributed by atoms with Crippen LogP contribution < -0.4 is 14.8 Å². The highest BCUT2D eigenvalue weighted by molar-refractivity contribution is 6.11. The number of benzene rings is 1. The average Bonchev–Trinajstić information content (AvgIpc) is 3.54. The molecule has 0 radical (unpaired) electrons. The Hall–Kier alpha value is -3.29. The van der Waals surface area contributed by atoms with E-state index in [1.165, 1.54) is 0 Å². The number of carbonyl (C=O) groups excluding carboxylic acids is 3. The predicted octanol–water partition coefficient (Wildman–Crippen LogP) is 3.25. The summed E-state index contributed by atoms with van der Waals surface area (Å²) in [5.74, 6) is 0.466. The van der Waals surface area contributed by atoms with Gasteiger partial charge in [0.05, 0.1) is 19.8 Å². The molecule has 0 spiro atoms. The molecule has 2 fully saturated rings. The minimum absolute atomic E-state index is 0.239. The number of Topliss-reactive ketones (excluding diaryl/α,β-unsaturated/α-hetero) is 1. The van der Waals surface area contributed by atoms with E-state index >= 15 is 0 Å². The van der Waals surface area contributed by atoms with Gasteiger partial charge in [-0.25, -0.2) is 4.79 Å². The largest absolute Gasteiger partial charge is 0.490 e. The maximum atomic E-state index is 13.3. The van der Waals surface area contributed by atoms with Gasteiger partial charge in [0.15, 0.2) is 17.3 Å². The summed E-state index contributed by atoms with van der Waals surface area (Å²) < 4.78 is 13.6. The molecule has 3 heterocycles. The third-order valence-corrected chi connectivity index (χ3v) is 6.60. The van der Waals surface area contributed by atoms with Crippen LogP contribution in [-0.2, 0) is 10.3 Å². The minimum atomic E-state index is -1.28. The van der Waals surface area contributed by atoms with E-state index in [0.717, 1.165) is 35.6 Å². The lowest BCUT2D eigenvalue weighted by Crippen LogP contribution is -2.41. The van der Waals surface area contributed by atoms with Gasteiger partial charge in [-0.2, -0.15) is 0 Å². The van der Waals surface area contributed by atoms with Gasteiger partial charge in [-0.05, 0) is 57.4 Å². The van der Waals surface area contributed by atoms with Crippen LogP contribution in [0.2, 0.25) is 0 Å². The maximum absolute atomic E-state index is 13.3. The molecule has 2 aromatic rings. The van der Waals surface area contributed by atoms with Gasteiger partial charge < -0.3 is 19.4 Å². The summed E-state index contributed by atoms with van der Waals surface area (Å²) in [5.41, 5.74) is 1.80. The van der Waals surface area contributed by atoms with Crippen LogP contribution >= 0.6 is 0 Å². The molecule has 1 aromatic carbocycles. The van der Waals surface area contributed by atoms with Gasteiger partial charge in [0, 0.05) is 29.4 Å². The van der Waals surface area contributed by atoms with E-state index in [1.54, 1.807) is 25.1 Å². The van der Waals surface area contributed by atoms with Gasteiger partial charge in [-0.15, -0.1) is 0 Å². The van der Waals surface area contributed by atoms with Crippen molar-refractivity contribution < 1.29 is 23.9 Å². The van der Waals surface area contributed by atoms with Crippen molar-refractivity contribution in [1.29, 1.82) is 0 Å². The van der Waals surface area contributed by atoms with E-state index in [9.17, 15) is 14.4 Å². The molecule has 0 bridgehead atoms. The van der Waals surface area contributed by atoms with Gasteiger partial charge in [0.25, 0.3) is 5.91 Å². The lowest BCUT2D eigenvalue weighted by atomic mass is 9.91. The summed E-state index contributed by atoms with van der Waals surface area (Å²) in [6, 6.07) is 6.97. The highest BCUT2D eigenvalue weighted by atomic mass is 16.5. The molecule has 1 N–H and O–H groups in total. The Labute approximate surface area is 186 Å².